The maximum atomic E-state index is 5.20. The Morgan fingerprint density at radius 1 is 0.688 bits per heavy atom. The molecule has 0 radical (unpaired) electrons. The highest BCUT2D eigenvalue weighted by Crippen LogP contribution is 2.03. The molecular formula is C13H32O2Si. The van der Waals surface area contributed by atoms with Gasteiger partial charge in [-0.3, -0.25) is 0 Å². The largest absolute Gasteiger partial charge is 0.397 e. The summed E-state index contributed by atoms with van der Waals surface area (Å²) in [5.74, 6) is 0. The first-order valence-electron chi connectivity index (χ1n) is 6.95. The van der Waals surface area contributed by atoms with E-state index in [0.717, 1.165) is 13.2 Å². The highest BCUT2D eigenvalue weighted by atomic mass is 28.3. The second-order valence-corrected chi connectivity index (χ2v) is 5.69. The second-order valence-electron chi connectivity index (χ2n) is 3.89. The van der Waals surface area contributed by atoms with E-state index in [0.29, 0.717) is 0 Å². The summed E-state index contributed by atoms with van der Waals surface area (Å²) >= 11 is 0. The van der Waals surface area contributed by atoms with E-state index in [4.69, 9.17) is 8.85 Å². The maximum Gasteiger partial charge on any atom is 0.318 e. The molecule has 0 saturated carbocycles. The third-order valence-electron chi connectivity index (χ3n) is 2.26. The Hall–Kier alpha value is 0.137. The van der Waals surface area contributed by atoms with Crippen molar-refractivity contribution < 1.29 is 8.85 Å². The van der Waals surface area contributed by atoms with Crippen LogP contribution in [0.2, 0.25) is 6.55 Å². The van der Waals surface area contributed by atoms with Crippen LogP contribution in [0.25, 0.3) is 0 Å². The number of hydrogen-bond acceptors (Lipinski definition) is 2. The van der Waals surface area contributed by atoms with Crippen LogP contribution in [0.15, 0.2) is 0 Å². The summed E-state index contributed by atoms with van der Waals surface area (Å²) in [6, 6.07) is 0. The first-order valence-corrected chi connectivity index (χ1v) is 9.05. The van der Waals surface area contributed by atoms with Gasteiger partial charge in [-0.15, -0.1) is 0 Å². The summed E-state index contributed by atoms with van der Waals surface area (Å²) in [6.07, 6.45) is 8.49. The van der Waals surface area contributed by atoms with Crippen molar-refractivity contribution in [1.82, 2.24) is 0 Å². The van der Waals surface area contributed by atoms with Gasteiger partial charge in [0.2, 0.25) is 0 Å². The van der Waals surface area contributed by atoms with Crippen LogP contribution in [0, 0.1) is 0 Å². The molecule has 0 aliphatic rings. The summed E-state index contributed by atoms with van der Waals surface area (Å²) in [6.45, 7) is 12.1. The lowest BCUT2D eigenvalue weighted by Crippen LogP contribution is -2.17. The second kappa shape index (κ2) is 17.5. The summed E-state index contributed by atoms with van der Waals surface area (Å²) in [5.41, 5.74) is 0. The normalized spacial score (nSPS) is 10.1. The smallest absolute Gasteiger partial charge is 0.318 e. The third-order valence-corrected chi connectivity index (χ3v) is 3.87. The molecule has 0 aliphatic heterocycles. The summed E-state index contributed by atoms with van der Waals surface area (Å²) < 4.78 is 10.4. The topological polar surface area (TPSA) is 18.5 Å². The molecule has 0 amide bonds. The van der Waals surface area contributed by atoms with Crippen LogP contribution in [0.1, 0.15) is 66.2 Å². The van der Waals surface area contributed by atoms with Gasteiger partial charge in [0.25, 0.3) is 0 Å². The monoisotopic (exact) mass is 248 g/mol. The van der Waals surface area contributed by atoms with Gasteiger partial charge in [0.1, 0.15) is 0 Å². The van der Waals surface area contributed by atoms with Crippen LogP contribution in [0.5, 0.6) is 0 Å². The van der Waals surface area contributed by atoms with Crippen LogP contribution in [0.4, 0.5) is 0 Å². The molecule has 0 unspecified atom stereocenters. The minimum absolute atomic E-state index is 0.785. The molecule has 0 saturated heterocycles. The predicted octanol–water partition coefficient (Wildman–Crippen LogP) is 4.28. The van der Waals surface area contributed by atoms with Gasteiger partial charge in [-0.1, -0.05) is 52.4 Å². The fraction of sp³-hybridized carbons (Fsp3) is 1.00. The van der Waals surface area contributed by atoms with Crippen molar-refractivity contribution in [3.63, 3.8) is 0 Å². The summed E-state index contributed by atoms with van der Waals surface area (Å²) in [4.78, 5) is 0. The molecule has 3 heteroatoms. The lowest BCUT2D eigenvalue weighted by Gasteiger charge is -2.07. The molecule has 0 aromatic rings. The molecule has 0 rings (SSSR count). The Morgan fingerprint density at radius 3 is 1.31 bits per heavy atom. The van der Waals surface area contributed by atoms with Crippen molar-refractivity contribution in [1.29, 1.82) is 0 Å². The molecule has 0 aliphatic carbocycles. The first-order chi connectivity index (χ1) is 7.72. The van der Waals surface area contributed by atoms with Gasteiger partial charge in [-0.2, -0.15) is 0 Å². The SMILES string of the molecule is CCCCCCCC.CCO[SiH](C)OCC. The molecule has 2 nitrogen and oxygen atoms in total. The van der Waals surface area contributed by atoms with E-state index in [1.165, 1.54) is 38.5 Å². The van der Waals surface area contributed by atoms with Gasteiger partial charge in [-0.25, -0.2) is 0 Å². The van der Waals surface area contributed by atoms with Crippen molar-refractivity contribution in [2.24, 2.45) is 0 Å². The minimum Gasteiger partial charge on any atom is -0.397 e. The van der Waals surface area contributed by atoms with E-state index >= 15 is 0 Å². The van der Waals surface area contributed by atoms with Gasteiger partial charge in [0, 0.05) is 13.2 Å². The van der Waals surface area contributed by atoms with E-state index in [2.05, 4.69) is 13.8 Å². The average molecular weight is 248 g/mol. The number of hydrogen-bond donors (Lipinski definition) is 0. The van der Waals surface area contributed by atoms with Gasteiger partial charge in [-0.05, 0) is 20.4 Å². The molecule has 0 fully saturated rings. The van der Waals surface area contributed by atoms with Crippen molar-refractivity contribution in [3.8, 4) is 0 Å². The van der Waals surface area contributed by atoms with E-state index in [9.17, 15) is 0 Å². The molecule has 0 bridgehead atoms. The molecule has 0 heterocycles. The molecule has 16 heavy (non-hydrogen) atoms. The zero-order valence-corrected chi connectivity index (χ0v) is 13.2. The fourth-order valence-corrected chi connectivity index (χ4v) is 2.41. The molecule has 100 valence electrons. The molecule has 0 aromatic carbocycles. The molecular weight excluding hydrogens is 216 g/mol. The van der Waals surface area contributed by atoms with E-state index in [1.807, 2.05) is 20.4 Å². The van der Waals surface area contributed by atoms with Crippen LogP contribution < -0.4 is 0 Å². The maximum absolute atomic E-state index is 5.20. The quantitative estimate of drug-likeness (QED) is 0.448. The van der Waals surface area contributed by atoms with Crippen molar-refractivity contribution in [2.75, 3.05) is 13.2 Å². The molecule has 0 spiro atoms. The Balaban J connectivity index is 0. The summed E-state index contributed by atoms with van der Waals surface area (Å²) in [7, 11) is -1.20. The lowest BCUT2D eigenvalue weighted by atomic mass is 10.1. The number of rotatable bonds is 9. The highest BCUT2D eigenvalue weighted by molar-refractivity contribution is 6.42. The standard InChI is InChI=1S/C8H18.C5H14O2Si/c1-3-5-7-8-6-4-2;1-4-6-8(3)7-5-2/h3-8H2,1-2H3;8H,4-5H2,1-3H3. The van der Waals surface area contributed by atoms with Crippen LogP contribution in [0.3, 0.4) is 0 Å². The van der Waals surface area contributed by atoms with Gasteiger partial charge < -0.3 is 8.85 Å². The Bertz CT molecular complexity index is 98.1. The molecule has 0 atom stereocenters. The zero-order valence-electron chi connectivity index (χ0n) is 12.1. The Labute approximate surface area is 105 Å². The molecule has 0 aromatic heterocycles. The van der Waals surface area contributed by atoms with Crippen molar-refractivity contribution in [3.05, 3.63) is 0 Å². The first kappa shape index (κ1) is 18.5. The van der Waals surface area contributed by atoms with Gasteiger partial charge in [0.05, 0.1) is 0 Å². The van der Waals surface area contributed by atoms with Crippen molar-refractivity contribution in [2.45, 2.75) is 72.8 Å². The predicted molar refractivity (Wildman–Crippen MR) is 75.3 cm³/mol. The molecule has 0 N–H and O–H groups in total. The van der Waals surface area contributed by atoms with Crippen LogP contribution in [-0.4, -0.2) is 22.5 Å². The van der Waals surface area contributed by atoms with E-state index < -0.39 is 9.28 Å². The average Bonchev–Trinajstić information content (AvgIpc) is 2.26. The Kier molecular flexibility index (Phi) is 20.3. The van der Waals surface area contributed by atoms with Gasteiger partial charge in [0.15, 0.2) is 0 Å². The van der Waals surface area contributed by atoms with Gasteiger partial charge >= 0.3 is 9.28 Å². The lowest BCUT2D eigenvalue weighted by molar-refractivity contribution is 0.219. The minimum atomic E-state index is -1.20. The third kappa shape index (κ3) is 19.7. The van der Waals surface area contributed by atoms with E-state index in [1.54, 1.807) is 0 Å². The fourth-order valence-electron chi connectivity index (χ4n) is 1.37. The number of unbranched alkanes of at least 4 members (excludes halogenated alkanes) is 5. The van der Waals surface area contributed by atoms with Crippen LogP contribution >= 0.6 is 0 Å². The van der Waals surface area contributed by atoms with Crippen molar-refractivity contribution >= 4 is 9.28 Å². The highest BCUT2D eigenvalue weighted by Gasteiger charge is 1.99. The van der Waals surface area contributed by atoms with E-state index in [-0.39, 0.29) is 0 Å². The zero-order chi connectivity index (χ0) is 12.6. The summed E-state index contributed by atoms with van der Waals surface area (Å²) in [5, 5.41) is 0. The van der Waals surface area contributed by atoms with Crippen LogP contribution in [-0.2, 0) is 8.85 Å². The Morgan fingerprint density at radius 2 is 1.06 bits per heavy atom.